The van der Waals surface area contributed by atoms with E-state index in [1.165, 1.54) is 0 Å². The minimum absolute atomic E-state index is 0.0962. The van der Waals surface area contributed by atoms with Crippen LogP contribution in [0.2, 0.25) is 0 Å². The third kappa shape index (κ3) is 3.34. The third-order valence-electron chi connectivity index (χ3n) is 6.59. The minimum Gasteiger partial charge on any atom is -0.480 e. The lowest BCUT2D eigenvalue weighted by Gasteiger charge is -2.46. The Kier molecular flexibility index (Phi) is 5.16. The normalized spacial score (nSPS) is 29.7. The van der Waals surface area contributed by atoms with Crippen LogP contribution in [0.25, 0.3) is 0 Å². The number of likely N-dealkylation sites (tertiary alicyclic amines) is 1. The van der Waals surface area contributed by atoms with Crippen LogP contribution in [0.3, 0.4) is 0 Å². The molecule has 2 aliphatic rings. The van der Waals surface area contributed by atoms with E-state index in [1.54, 1.807) is 4.90 Å². The molecule has 0 aliphatic carbocycles. The number of anilines is 1. The van der Waals surface area contributed by atoms with Gasteiger partial charge in [0.1, 0.15) is 6.04 Å². The first-order valence-electron chi connectivity index (χ1n) is 10.3. The zero-order valence-corrected chi connectivity index (χ0v) is 18.5. The van der Waals surface area contributed by atoms with E-state index in [9.17, 15) is 24.6 Å². The van der Waals surface area contributed by atoms with Gasteiger partial charge in [-0.05, 0) is 23.0 Å². The second-order valence-electron chi connectivity index (χ2n) is 10.8. The molecular formula is C23H32N2O5. The summed E-state index contributed by atoms with van der Waals surface area (Å²) in [7, 11) is 0. The number of carboxylic acid groups (broad SMARTS) is 2. The van der Waals surface area contributed by atoms with Gasteiger partial charge in [-0.25, -0.2) is 9.59 Å². The van der Waals surface area contributed by atoms with Crippen LogP contribution in [0.1, 0.15) is 48.0 Å². The Morgan fingerprint density at radius 3 is 2.00 bits per heavy atom. The van der Waals surface area contributed by atoms with Gasteiger partial charge in [0, 0.05) is 36.0 Å². The van der Waals surface area contributed by atoms with E-state index in [2.05, 4.69) is 0 Å². The van der Waals surface area contributed by atoms with Gasteiger partial charge < -0.3 is 15.1 Å². The van der Waals surface area contributed by atoms with Crippen LogP contribution < -0.4 is 4.90 Å². The highest BCUT2D eigenvalue weighted by Gasteiger charge is 2.70. The molecule has 7 heteroatoms. The highest BCUT2D eigenvalue weighted by atomic mass is 16.4. The molecule has 30 heavy (non-hydrogen) atoms. The Morgan fingerprint density at radius 2 is 1.57 bits per heavy atom. The molecule has 7 nitrogen and oxygen atoms in total. The summed E-state index contributed by atoms with van der Waals surface area (Å²) < 4.78 is 0. The number of hydrogen-bond acceptors (Lipinski definition) is 3. The van der Waals surface area contributed by atoms with Crippen LogP contribution in [-0.4, -0.2) is 51.7 Å². The number of nitrogens with zero attached hydrogens (tertiary/aromatic N) is 2. The maximum atomic E-state index is 13.2. The lowest BCUT2D eigenvalue weighted by Crippen LogP contribution is -2.53. The van der Waals surface area contributed by atoms with Gasteiger partial charge >= 0.3 is 12.1 Å². The first-order chi connectivity index (χ1) is 13.7. The molecule has 0 saturated carbocycles. The van der Waals surface area contributed by atoms with Crippen molar-refractivity contribution in [2.75, 3.05) is 11.4 Å². The standard InChI is InChI=1S/C23H32N2O5/c1-21(2,3)17-16(18(27)28)25(20(29)30)19(22(4,5)6)23(17)12-15(26)24(13-23)14-10-8-7-9-11-14/h7-11,16-17,19H,12-13H2,1-6H3,(H,27,28)(H,29,30)/t16-,17?,19?,23+/m0/s1. The predicted molar refractivity (Wildman–Crippen MR) is 113 cm³/mol. The van der Waals surface area contributed by atoms with Crippen LogP contribution in [0, 0.1) is 22.2 Å². The van der Waals surface area contributed by atoms with E-state index in [1.807, 2.05) is 71.9 Å². The molecule has 164 valence electrons. The molecule has 2 fully saturated rings. The number of carboxylic acids is 1. The summed E-state index contributed by atoms with van der Waals surface area (Å²) in [5.41, 5.74) is -1.14. The van der Waals surface area contributed by atoms with E-state index in [0.717, 1.165) is 10.6 Å². The molecule has 0 radical (unpaired) electrons. The van der Waals surface area contributed by atoms with Crippen LogP contribution in [0.4, 0.5) is 10.5 Å². The zero-order valence-electron chi connectivity index (χ0n) is 18.5. The van der Waals surface area contributed by atoms with E-state index < -0.39 is 46.3 Å². The quantitative estimate of drug-likeness (QED) is 0.761. The number of aliphatic carboxylic acids is 1. The lowest BCUT2D eigenvalue weighted by molar-refractivity contribution is -0.145. The Hall–Kier alpha value is -2.57. The largest absolute Gasteiger partial charge is 0.480 e. The van der Waals surface area contributed by atoms with Gasteiger partial charge in [0.05, 0.1) is 0 Å². The molecule has 1 spiro atoms. The number of amides is 2. The fourth-order valence-electron chi connectivity index (χ4n) is 6.24. The molecule has 2 heterocycles. The average molecular weight is 417 g/mol. The smallest absolute Gasteiger partial charge is 0.408 e. The highest BCUT2D eigenvalue weighted by Crippen LogP contribution is 2.61. The van der Waals surface area contributed by atoms with E-state index in [0.29, 0.717) is 6.54 Å². The summed E-state index contributed by atoms with van der Waals surface area (Å²) in [4.78, 5) is 40.9. The number of benzene rings is 1. The molecule has 1 aromatic rings. The van der Waals surface area contributed by atoms with Crippen molar-refractivity contribution in [2.45, 2.75) is 60.0 Å². The fourth-order valence-corrected chi connectivity index (χ4v) is 6.24. The molecule has 0 aromatic heterocycles. The van der Waals surface area contributed by atoms with Crippen molar-refractivity contribution < 1.29 is 24.6 Å². The Morgan fingerprint density at radius 1 is 1.00 bits per heavy atom. The molecular weight excluding hydrogens is 384 g/mol. The van der Waals surface area contributed by atoms with Crippen LogP contribution in [-0.2, 0) is 9.59 Å². The lowest BCUT2D eigenvalue weighted by atomic mass is 9.57. The summed E-state index contributed by atoms with van der Waals surface area (Å²) in [6.07, 6.45) is -1.13. The van der Waals surface area contributed by atoms with Gasteiger partial charge in [-0.1, -0.05) is 59.7 Å². The van der Waals surface area contributed by atoms with Crippen molar-refractivity contribution in [3.05, 3.63) is 30.3 Å². The van der Waals surface area contributed by atoms with Crippen molar-refractivity contribution in [1.29, 1.82) is 0 Å². The average Bonchev–Trinajstić information content (AvgIpc) is 3.10. The molecule has 1 aromatic carbocycles. The summed E-state index contributed by atoms with van der Waals surface area (Å²) in [5, 5.41) is 20.2. The van der Waals surface area contributed by atoms with Crippen LogP contribution >= 0.6 is 0 Å². The first-order valence-corrected chi connectivity index (χ1v) is 10.3. The summed E-state index contributed by atoms with van der Waals surface area (Å²) in [6.45, 7) is 11.9. The van der Waals surface area contributed by atoms with Crippen molar-refractivity contribution >= 4 is 23.7 Å². The molecule has 2 unspecified atom stereocenters. The van der Waals surface area contributed by atoms with Gasteiger partial charge in [0.25, 0.3) is 0 Å². The second-order valence-corrected chi connectivity index (χ2v) is 10.8. The van der Waals surface area contributed by atoms with Crippen molar-refractivity contribution in [1.82, 2.24) is 4.90 Å². The fraction of sp³-hybridized carbons (Fsp3) is 0.609. The monoisotopic (exact) mass is 416 g/mol. The Bertz CT molecular complexity index is 815. The maximum absolute atomic E-state index is 13.2. The molecule has 2 saturated heterocycles. The summed E-state index contributed by atoms with van der Waals surface area (Å²) in [6, 6.07) is 7.46. The highest BCUT2D eigenvalue weighted by molar-refractivity contribution is 5.97. The van der Waals surface area contributed by atoms with E-state index in [4.69, 9.17) is 0 Å². The minimum atomic E-state index is -1.25. The maximum Gasteiger partial charge on any atom is 0.408 e. The molecule has 2 aliphatic heterocycles. The van der Waals surface area contributed by atoms with Crippen LogP contribution in [0.15, 0.2) is 30.3 Å². The van der Waals surface area contributed by atoms with Crippen molar-refractivity contribution in [3.8, 4) is 0 Å². The number of carbonyl (C=O) groups is 3. The second kappa shape index (κ2) is 7.00. The number of hydrogen-bond donors (Lipinski definition) is 2. The third-order valence-corrected chi connectivity index (χ3v) is 6.59. The number of para-hydroxylation sites is 1. The Labute approximate surface area is 177 Å². The molecule has 2 amide bonds. The Balaban J connectivity index is 2.26. The van der Waals surface area contributed by atoms with Gasteiger partial charge in [0.15, 0.2) is 0 Å². The van der Waals surface area contributed by atoms with Crippen molar-refractivity contribution in [2.24, 2.45) is 22.2 Å². The number of rotatable bonds is 2. The van der Waals surface area contributed by atoms with Gasteiger partial charge in [-0.3, -0.25) is 9.69 Å². The SMILES string of the molecule is CC(C)(C)C1[C@@H](C(=O)O)N(C(=O)O)C(C(C)(C)C)[C@@]12CC(=O)N(c1ccccc1)C2. The van der Waals surface area contributed by atoms with Crippen molar-refractivity contribution in [3.63, 3.8) is 0 Å². The first kappa shape index (κ1) is 22.1. The molecule has 4 atom stereocenters. The molecule has 3 rings (SSSR count). The summed E-state index contributed by atoms with van der Waals surface area (Å²) in [5.74, 6) is -1.78. The van der Waals surface area contributed by atoms with Gasteiger partial charge in [-0.2, -0.15) is 0 Å². The van der Waals surface area contributed by atoms with Crippen LogP contribution in [0.5, 0.6) is 0 Å². The predicted octanol–water partition coefficient (Wildman–Crippen LogP) is 3.93. The van der Waals surface area contributed by atoms with E-state index >= 15 is 0 Å². The molecule has 0 bridgehead atoms. The van der Waals surface area contributed by atoms with Gasteiger partial charge in [-0.15, -0.1) is 0 Å². The van der Waals surface area contributed by atoms with Gasteiger partial charge in [0.2, 0.25) is 5.91 Å². The molecule has 2 N–H and O–H groups in total. The van der Waals surface area contributed by atoms with E-state index in [-0.39, 0.29) is 12.3 Å². The summed E-state index contributed by atoms with van der Waals surface area (Å²) >= 11 is 0. The number of carbonyl (C=O) groups excluding carboxylic acids is 1. The topological polar surface area (TPSA) is 98.1 Å². The zero-order chi connectivity index (χ0) is 22.6.